The van der Waals surface area contributed by atoms with Crippen LogP contribution < -0.4 is 5.32 Å². The average Bonchev–Trinajstić information content (AvgIpc) is 2.34. The number of methoxy groups -OCH3 is 1. The first-order valence-corrected chi connectivity index (χ1v) is 6.33. The minimum Gasteiger partial charge on any atom is -0.385 e. The van der Waals surface area contributed by atoms with Crippen molar-refractivity contribution in [3.8, 4) is 0 Å². The number of likely N-dealkylation sites (N-methyl/N-ethyl adjacent to an activating group) is 1. The quantitative estimate of drug-likeness (QED) is 0.766. The van der Waals surface area contributed by atoms with Gasteiger partial charge >= 0.3 is 0 Å². The summed E-state index contributed by atoms with van der Waals surface area (Å²) in [6, 6.07) is -0.0510. The van der Waals surface area contributed by atoms with E-state index in [4.69, 9.17) is 4.74 Å². The molecular formula is C13H31NO2. The average molecular weight is 233 g/mol. The molecule has 0 aliphatic heterocycles. The third-order valence-corrected chi connectivity index (χ3v) is 1.87. The van der Waals surface area contributed by atoms with Crippen molar-refractivity contribution in [3.05, 3.63) is 0 Å². The Morgan fingerprint density at radius 2 is 1.62 bits per heavy atom. The highest BCUT2D eigenvalue weighted by molar-refractivity contribution is 5.85. The first kappa shape index (κ1) is 20.9. The fourth-order valence-corrected chi connectivity index (χ4v) is 1.07. The maximum Gasteiger partial charge on any atom is 0.152 e. The number of ketones is 1. The lowest BCUT2D eigenvalue weighted by atomic mass is 10.00. The molecule has 0 aromatic rings. The molecule has 0 saturated carbocycles. The Kier molecular flexibility index (Phi) is 22.2. The molecule has 0 aliphatic rings. The molecule has 1 unspecified atom stereocenters. The zero-order chi connectivity index (χ0) is 13.6. The second-order valence-corrected chi connectivity index (χ2v) is 3.18. The predicted molar refractivity (Wildman–Crippen MR) is 71.9 cm³/mol. The van der Waals surface area contributed by atoms with Crippen molar-refractivity contribution < 1.29 is 9.53 Å². The Bertz CT molecular complexity index is 136. The molecule has 0 spiro atoms. The third-order valence-electron chi connectivity index (χ3n) is 1.87. The van der Waals surface area contributed by atoms with E-state index in [1.54, 1.807) is 14.2 Å². The van der Waals surface area contributed by atoms with E-state index >= 15 is 0 Å². The van der Waals surface area contributed by atoms with E-state index in [9.17, 15) is 4.79 Å². The summed E-state index contributed by atoms with van der Waals surface area (Å²) >= 11 is 0. The Hall–Kier alpha value is -0.410. The molecule has 0 aromatic carbocycles. The van der Waals surface area contributed by atoms with Gasteiger partial charge in [0.1, 0.15) is 0 Å². The number of hydrogen-bond acceptors (Lipinski definition) is 3. The van der Waals surface area contributed by atoms with E-state index in [1.165, 1.54) is 0 Å². The Labute approximate surface area is 102 Å². The van der Waals surface area contributed by atoms with E-state index in [-0.39, 0.29) is 17.7 Å². The number of nitrogens with one attached hydrogen (secondary N) is 1. The summed E-state index contributed by atoms with van der Waals surface area (Å²) in [4.78, 5) is 11.5. The summed E-state index contributed by atoms with van der Waals surface area (Å²) in [6.07, 6.45) is 0.754. The summed E-state index contributed by atoms with van der Waals surface area (Å²) in [5.41, 5.74) is 0. The van der Waals surface area contributed by atoms with E-state index in [2.05, 4.69) is 5.32 Å². The monoisotopic (exact) mass is 233 g/mol. The number of carbonyl (C=O) groups excluding carboxylic acids is 1. The summed E-state index contributed by atoms with van der Waals surface area (Å²) in [6.45, 7) is 12.5. The molecule has 0 amide bonds. The summed E-state index contributed by atoms with van der Waals surface area (Å²) < 4.78 is 4.91. The van der Waals surface area contributed by atoms with Crippen LogP contribution in [0.5, 0.6) is 0 Å². The second-order valence-electron chi connectivity index (χ2n) is 3.18. The molecule has 3 heteroatoms. The van der Waals surface area contributed by atoms with Gasteiger partial charge in [0.25, 0.3) is 0 Å². The van der Waals surface area contributed by atoms with Gasteiger partial charge in [0.05, 0.1) is 6.04 Å². The van der Waals surface area contributed by atoms with Gasteiger partial charge in [0.2, 0.25) is 0 Å². The van der Waals surface area contributed by atoms with Crippen molar-refractivity contribution in [1.82, 2.24) is 5.32 Å². The van der Waals surface area contributed by atoms with Gasteiger partial charge in [-0.1, -0.05) is 41.5 Å². The van der Waals surface area contributed by atoms with Crippen LogP contribution >= 0.6 is 0 Å². The van der Waals surface area contributed by atoms with Crippen LogP contribution in [0.3, 0.4) is 0 Å². The highest BCUT2D eigenvalue weighted by atomic mass is 16.5. The van der Waals surface area contributed by atoms with Gasteiger partial charge in [-0.15, -0.1) is 0 Å². The third kappa shape index (κ3) is 11.7. The van der Waals surface area contributed by atoms with Crippen molar-refractivity contribution in [1.29, 1.82) is 0 Å². The summed E-state index contributed by atoms with van der Waals surface area (Å²) in [7, 11) is 3.45. The van der Waals surface area contributed by atoms with Gasteiger partial charge in [-0.3, -0.25) is 4.79 Å². The van der Waals surface area contributed by atoms with Crippen LogP contribution in [0.4, 0.5) is 0 Å². The van der Waals surface area contributed by atoms with Gasteiger partial charge in [0, 0.05) is 19.6 Å². The number of carbonyl (C=O) groups is 1. The van der Waals surface area contributed by atoms with Crippen LogP contribution in [0.2, 0.25) is 0 Å². The largest absolute Gasteiger partial charge is 0.385 e. The maximum atomic E-state index is 11.5. The van der Waals surface area contributed by atoms with Crippen molar-refractivity contribution in [2.45, 2.75) is 54.0 Å². The van der Waals surface area contributed by atoms with Crippen LogP contribution in [0.25, 0.3) is 0 Å². The van der Waals surface area contributed by atoms with E-state index < -0.39 is 0 Å². The molecule has 0 radical (unpaired) electrons. The predicted octanol–water partition coefficient (Wildman–Crippen LogP) is 2.89. The highest BCUT2D eigenvalue weighted by Crippen LogP contribution is 2.02. The van der Waals surface area contributed by atoms with Gasteiger partial charge < -0.3 is 10.1 Å². The molecule has 1 N–H and O–H groups in total. The smallest absolute Gasteiger partial charge is 0.152 e. The van der Waals surface area contributed by atoms with Crippen molar-refractivity contribution >= 4 is 5.78 Å². The Morgan fingerprint density at radius 1 is 1.19 bits per heavy atom. The minimum atomic E-state index is -0.0510. The number of hydrogen-bond donors (Lipinski definition) is 1. The Balaban J connectivity index is -0.000000376. The molecule has 100 valence electrons. The summed E-state index contributed by atoms with van der Waals surface area (Å²) in [5.74, 6) is 0.355. The topological polar surface area (TPSA) is 38.3 Å². The summed E-state index contributed by atoms with van der Waals surface area (Å²) in [5, 5.41) is 2.99. The van der Waals surface area contributed by atoms with Gasteiger partial charge in [-0.25, -0.2) is 0 Å². The van der Waals surface area contributed by atoms with Gasteiger partial charge in [-0.2, -0.15) is 0 Å². The van der Waals surface area contributed by atoms with Crippen LogP contribution in [0.15, 0.2) is 0 Å². The molecule has 0 aliphatic carbocycles. The van der Waals surface area contributed by atoms with Crippen molar-refractivity contribution in [2.75, 3.05) is 20.8 Å². The fourth-order valence-electron chi connectivity index (χ4n) is 1.07. The maximum absolute atomic E-state index is 11.5. The highest BCUT2D eigenvalue weighted by Gasteiger charge is 2.18. The molecule has 0 rings (SSSR count). The molecule has 1 atom stereocenters. The molecule has 0 saturated heterocycles. The first-order valence-electron chi connectivity index (χ1n) is 6.33. The lowest BCUT2D eigenvalue weighted by molar-refractivity contribution is -0.124. The van der Waals surface area contributed by atoms with Crippen molar-refractivity contribution in [2.24, 2.45) is 5.92 Å². The Morgan fingerprint density at radius 3 is 1.88 bits per heavy atom. The standard InChI is InChI=1S/C9H19NO2.2C2H6/c1-7(2)9(11)8(10-3)5-6-12-4;2*1-2/h7-8,10H,5-6H2,1-4H3;2*1-2H3. The van der Waals surface area contributed by atoms with Crippen LogP contribution in [-0.2, 0) is 9.53 Å². The number of Topliss-reactive ketones (excluding diaryl/α,β-unsaturated/α-hetero) is 1. The molecule has 16 heavy (non-hydrogen) atoms. The van der Waals surface area contributed by atoms with Crippen molar-refractivity contribution in [3.63, 3.8) is 0 Å². The molecular weight excluding hydrogens is 202 g/mol. The van der Waals surface area contributed by atoms with Crippen LogP contribution in [0, 0.1) is 5.92 Å². The lowest BCUT2D eigenvalue weighted by Gasteiger charge is -2.16. The molecule has 3 nitrogen and oxygen atoms in total. The number of rotatable bonds is 6. The van der Waals surface area contributed by atoms with Gasteiger partial charge in [-0.05, 0) is 13.5 Å². The van der Waals surface area contributed by atoms with E-state index in [1.807, 2.05) is 41.5 Å². The molecule has 0 heterocycles. The second kappa shape index (κ2) is 17.0. The normalized spacial score (nSPS) is 10.8. The van der Waals surface area contributed by atoms with Crippen LogP contribution in [0.1, 0.15) is 48.0 Å². The first-order chi connectivity index (χ1) is 7.63. The van der Waals surface area contributed by atoms with Gasteiger partial charge in [0.15, 0.2) is 5.78 Å². The minimum absolute atomic E-state index is 0.0510. The molecule has 0 fully saturated rings. The zero-order valence-corrected chi connectivity index (χ0v) is 12.4. The van der Waals surface area contributed by atoms with Crippen LogP contribution in [-0.4, -0.2) is 32.6 Å². The van der Waals surface area contributed by atoms with E-state index in [0.29, 0.717) is 6.61 Å². The zero-order valence-electron chi connectivity index (χ0n) is 12.4. The number of ether oxygens (including phenoxy) is 1. The molecule has 0 aromatic heterocycles. The van der Waals surface area contributed by atoms with E-state index in [0.717, 1.165) is 6.42 Å². The fraction of sp³-hybridized carbons (Fsp3) is 0.923. The lowest BCUT2D eigenvalue weighted by Crippen LogP contribution is -2.37. The molecule has 0 bridgehead atoms. The SMILES string of the molecule is CC.CC.CNC(CCOC)C(=O)C(C)C.